The van der Waals surface area contributed by atoms with Crippen LogP contribution < -0.4 is 5.32 Å². The molecule has 2 aromatic carbocycles. The van der Waals surface area contributed by atoms with Crippen molar-refractivity contribution in [2.24, 2.45) is 0 Å². The lowest BCUT2D eigenvalue weighted by molar-refractivity contribution is 0.584. The van der Waals surface area contributed by atoms with E-state index in [1.54, 1.807) is 6.92 Å². The largest absolute Gasteiger partial charge is 0.375 e. The van der Waals surface area contributed by atoms with Crippen molar-refractivity contribution >= 4 is 40.5 Å². The molecule has 0 aliphatic heterocycles. The Hall–Kier alpha value is -1.10. The molecule has 0 amide bonds. The van der Waals surface area contributed by atoms with E-state index < -0.39 is 23.5 Å². The fourth-order valence-corrected chi connectivity index (χ4v) is 2.86. The van der Waals surface area contributed by atoms with Crippen LogP contribution in [0.3, 0.4) is 0 Å². The second-order valence-corrected chi connectivity index (χ2v) is 5.56. The van der Waals surface area contributed by atoms with Crippen LogP contribution in [0.1, 0.15) is 18.5 Å². The Kier molecular flexibility index (Phi) is 4.91. The minimum Gasteiger partial charge on any atom is -0.375 e. The maximum absolute atomic E-state index is 13.7. The first-order chi connectivity index (χ1) is 9.81. The van der Waals surface area contributed by atoms with E-state index in [4.69, 9.17) is 34.8 Å². The van der Waals surface area contributed by atoms with E-state index in [0.29, 0.717) is 6.07 Å². The van der Waals surface area contributed by atoms with Gasteiger partial charge in [0.05, 0.1) is 21.8 Å². The molecular formula is C14H9Cl3F3N. The average Bonchev–Trinajstić information content (AvgIpc) is 2.38. The summed E-state index contributed by atoms with van der Waals surface area (Å²) < 4.78 is 40.2. The highest BCUT2D eigenvalue weighted by atomic mass is 35.5. The first-order valence-corrected chi connectivity index (χ1v) is 6.99. The summed E-state index contributed by atoms with van der Waals surface area (Å²) >= 11 is 17.7. The van der Waals surface area contributed by atoms with Gasteiger partial charge < -0.3 is 5.32 Å². The van der Waals surface area contributed by atoms with Gasteiger partial charge in [0, 0.05) is 16.7 Å². The van der Waals surface area contributed by atoms with Crippen molar-refractivity contribution in [1.29, 1.82) is 0 Å². The van der Waals surface area contributed by atoms with E-state index in [-0.39, 0.29) is 26.3 Å². The molecule has 0 bridgehead atoms. The van der Waals surface area contributed by atoms with Gasteiger partial charge in [-0.15, -0.1) is 0 Å². The van der Waals surface area contributed by atoms with Crippen molar-refractivity contribution in [2.75, 3.05) is 5.32 Å². The lowest BCUT2D eigenvalue weighted by Crippen LogP contribution is -2.10. The van der Waals surface area contributed by atoms with Gasteiger partial charge in [0.25, 0.3) is 0 Å². The van der Waals surface area contributed by atoms with Crippen molar-refractivity contribution in [3.05, 3.63) is 62.3 Å². The number of nitrogens with one attached hydrogen (secondary N) is 1. The highest BCUT2D eigenvalue weighted by Crippen LogP contribution is 2.36. The van der Waals surface area contributed by atoms with Crippen LogP contribution in [-0.2, 0) is 0 Å². The van der Waals surface area contributed by atoms with Crippen LogP contribution in [0.5, 0.6) is 0 Å². The molecule has 2 aromatic rings. The summed E-state index contributed by atoms with van der Waals surface area (Å²) in [5, 5.41) is 2.64. The number of hydrogen-bond acceptors (Lipinski definition) is 1. The summed E-state index contributed by atoms with van der Waals surface area (Å²) in [5.41, 5.74) is 0.153. The van der Waals surface area contributed by atoms with Crippen molar-refractivity contribution in [2.45, 2.75) is 13.0 Å². The molecule has 112 valence electrons. The summed E-state index contributed by atoms with van der Waals surface area (Å²) in [6.07, 6.45) is 0. The van der Waals surface area contributed by atoms with Crippen LogP contribution >= 0.6 is 34.8 Å². The van der Waals surface area contributed by atoms with Gasteiger partial charge in [0.1, 0.15) is 11.6 Å². The summed E-state index contributed by atoms with van der Waals surface area (Å²) in [7, 11) is 0. The topological polar surface area (TPSA) is 12.0 Å². The first-order valence-electron chi connectivity index (χ1n) is 5.85. The fraction of sp³-hybridized carbons (Fsp3) is 0.143. The van der Waals surface area contributed by atoms with Crippen LogP contribution in [0.25, 0.3) is 0 Å². The molecule has 21 heavy (non-hydrogen) atoms. The number of benzene rings is 2. The van der Waals surface area contributed by atoms with Gasteiger partial charge in [-0.25, -0.2) is 13.2 Å². The lowest BCUT2D eigenvalue weighted by atomic mass is 10.1. The van der Waals surface area contributed by atoms with Crippen molar-refractivity contribution in [1.82, 2.24) is 0 Å². The second kappa shape index (κ2) is 6.34. The van der Waals surface area contributed by atoms with Crippen LogP contribution in [0.4, 0.5) is 18.9 Å². The molecule has 0 saturated carbocycles. The van der Waals surface area contributed by atoms with E-state index in [2.05, 4.69) is 5.32 Å². The molecule has 2 rings (SSSR count). The van der Waals surface area contributed by atoms with Gasteiger partial charge in [0.2, 0.25) is 0 Å². The van der Waals surface area contributed by atoms with Gasteiger partial charge in [-0.1, -0.05) is 34.8 Å². The van der Waals surface area contributed by atoms with Crippen LogP contribution in [0.15, 0.2) is 24.3 Å². The molecular weight excluding hydrogens is 346 g/mol. The zero-order valence-electron chi connectivity index (χ0n) is 10.7. The zero-order valence-corrected chi connectivity index (χ0v) is 12.9. The van der Waals surface area contributed by atoms with Crippen molar-refractivity contribution in [3.8, 4) is 0 Å². The van der Waals surface area contributed by atoms with Crippen LogP contribution in [-0.4, -0.2) is 0 Å². The van der Waals surface area contributed by atoms with Crippen LogP contribution in [0, 0.1) is 17.5 Å². The summed E-state index contributed by atoms with van der Waals surface area (Å²) in [6, 6.07) is 3.49. The molecule has 1 atom stereocenters. The van der Waals surface area contributed by atoms with Gasteiger partial charge in [-0.3, -0.25) is 0 Å². The maximum atomic E-state index is 13.7. The predicted octanol–water partition coefficient (Wildman–Crippen LogP) is 6.24. The third-order valence-corrected chi connectivity index (χ3v) is 3.89. The molecule has 0 radical (unpaired) electrons. The van der Waals surface area contributed by atoms with Gasteiger partial charge >= 0.3 is 0 Å². The van der Waals surface area contributed by atoms with Crippen LogP contribution in [0.2, 0.25) is 15.1 Å². The summed E-state index contributed by atoms with van der Waals surface area (Å²) in [6.45, 7) is 1.60. The predicted molar refractivity (Wildman–Crippen MR) is 79.8 cm³/mol. The summed E-state index contributed by atoms with van der Waals surface area (Å²) in [5.74, 6) is -2.30. The standard InChI is InChI=1S/C14H9Cl3F3N/c1-6(12-8(15)2-3-10(19)13(12)17)21-14-9(16)4-7(18)5-11(14)20/h2-6,21H,1H3. The normalized spacial score (nSPS) is 12.3. The van der Waals surface area contributed by atoms with E-state index in [1.807, 2.05) is 0 Å². The SMILES string of the molecule is CC(Nc1c(F)cc(F)cc1Cl)c1c(Cl)ccc(F)c1Cl. The van der Waals surface area contributed by atoms with E-state index >= 15 is 0 Å². The Morgan fingerprint density at radius 3 is 2.24 bits per heavy atom. The highest BCUT2D eigenvalue weighted by molar-refractivity contribution is 6.36. The Bertz CT molecular complexity index is 668. The Morgan fingerprint density at radius 2 is 1.62 bits per heavy atom. The number of anilines is 1. The molecule has 1 nitrogen and oxygen atoms in total. The third-order valence-electron chi connectivity index (χ3n) is 2.88. The minimum atomic E-state index is -0.865. The van der Waals surface area contributed by atoms with Gasteiger partial charge in [-0.2, -0.15) is 0 Å². The van der Waals surface area contributed by atoms with Gasteiger partial charge in [0.15, 0.2) is 5.82 Å². The number of rotatable bonds is 3. The fourth-order valence-electron chi connectivity index (χ4n) is 1.91. The number of halogens is 6. The molecule has 7 heteroatoms. The lowest BCUT2D eigenvalue weighted by Gasteiger charge is -2.20. The smallest absolute Gasteiger partial charge is 0.150 e. The molecule has 0 heterocycles. The quantitative estimate of drug-likeness (QED) is 0.644. The molecule has 0 aliphatic rings. The van der Waals surface area contributed by atoms with Crippen molar-refractivity contribution < 1.29 is 13.2 Å². The Balaban J connectivity index is 2.40. The van der Waals surface area contributed by atoms with Gasteiger partial charge in [-0.05, 0) is 25.1 Å². The minimum absolute atomic E-state index is 0.109. The molecule has 0 spiro atoms. The van der Waals surface area contributed by atoms with E-state index in [0.717, 1.165) is 12.1 Å². The highest BCUT2D eigenvalue weighted by Gasteiger charge is 2.19. The third kappa shape index (κ3) is 3.39. The second-order valence-electron chi connectivity index (χ2n) is 4.37. The van der Waals surface area contributed by atoms with E-state index in [1.165, 1.54) is 6.07 Å². The summed E-state index contributed by atoms with van der Waals surface area (Å²) in [4.78, 5) is 0. The molecule has 0 aliphatic carbocycles. The molecule has 0 fully saturated rings. The Labute approximate surface area is 134 Å². The molecule has 1 unspecified atom stereocenters. The zero-order chi connectivity index (χ0) is 15.7. The Morgan fingerprint density at radius 1 is 0.952 bits per heavy atom. The molecule has 0 saturated heterocycles. The molecule has 1 N–H and O–H groups in total. The number of hydrogen-bond donors (Lipinski definition) is 1. The molecule has 0 aromatic heterocycles. The first kappa shape index (κ1) is 16.3. The maximum Gasteiger partial charge on any atom is 0.150 e. The van der Waals surface area contributed by atoms with Crippen molar-refractivity contribution in [3.63, 3.8) is 0 Å². The average molecular weight is 355 g/mol. The van der Waals surface area contributed by atoms with E-state index in [9.17, 15) is 13.2 Å². The monoisotopic (exact) mass is 353 g/mol.